The fourth-order valence-corrected chi connectivity index (χ4v) is 2.87. The van der Waals surface area contributed by atoms with Gasteiger partial charge in [-0.15, -0.1) is 0 Å². The number of nitrogens with one attached hydrogen (secondary N) is 2. The predicted octanol–water partition coefficient (Wildman–Crippen LogP) is 3.49. The molecule has 1 aliphatic rings. The molecule has 28 heavy (non-hydrogen) atoms. The number of amides is 2. The Morgan fingerprint density at radius 1 is 1.11 bits per heavy atom. The zero-order valence-corrected chi connectivity index (χ0v) is 16.2. The van der Waals surface area contributed by atoms with E-state index in [4.69, 9.17) is 14.2 Å². The van der Waals surface area contributed by atoms with Crippen LogP contribution < -0.4 is 24.8 Å². The first-order valence-corrected chi connectivity index (χ1v) is 9.17. The van der Waals surface area contributed by atoms with Gasteiger partial charge in [0.15, 0.2) is 0 Å². The third kappa shape index (κ3) is 4.94. The summed E-state index contributed by atoms with van der Waals surface area (Å²) in [5.41, 5.74) is 0.478. The van der Waals surface area contributed by atoms with Gasteiger partial charge in [-0.05, 0) is 56.7 Å². The second-order valence-electron chi connectivity index (χ2n) is 6.75. The quantitative estimate of drug-likeness (QED) is 0.763. The standard InChI is InChI=1S/C21H24N2O5/c1-13(2)27-14-4-6-15(7-5-14)28-16-8-10-19(26-3)18(12-16)23-21(25)17-9-11-20(24)22-17/h4-8,10,12-13,17H,9,11H2,1-3H3,(H,22,24)(H,23,25). The van der Waals surface area contributed by atoms with Gasteiger partial charge in [-0.1, -0.05) is 0 Å². The van der Waals surface area contributed by atoms with Crippen LogP contribution in [0, 0.1) is 0 Å². The summed E-state index contributed by atoms with van der Waals surface area (Å²) in [6.07, 6.45) is 0.937. The predicted molar refractivity (Wildman–Crippen MR) is 105 cm³/mol. The molecule has 2 amide bonds. The van der Waals surface area contributed by atoms with E-state index in [1.807, 2.05) is 38.1 Å². The fraction of sp³-hybridized carbons (Fsp3) is 0.333. The van der Waals surface area contributed by atoms with Crippen molar-refractivity contribution in [3.05, 3.63) is 42.5 Å². The molecule has 3 rings (SSSR count). The highest BCUT2D eigenvalue weighted by atomic mass is 16.5. The van der Waals surface area contributed by atoms with E-state index in [0.29, 0.717) is 35.8 Å². The van der Waals surface area contributed by atoms with E-state index in [-0.39, 0.29) is 17.9 Å². The summed E-state index contributed by atoms with van der Waals surface area (Å²) in [7, 11) is 1.52. The number of methoxy groups -OCH3 is 1. The first kappa shape index (κ1) is 19.5. The number of benzene rings is 2. The highest BCUT2D eigenvalue weighted by Gasteiger charge is 2.27. The lowest BCUT2D eigenvalue weighted by Crippen LogP contribution is -2.37. The van der Waals surface area contributed by atoms with Gasteiger partial charge < -0.3 is 24.8 Å². The van der Waals surface area contributed by atoms with Gasteiger partial charge in [0, 0.05) is 12.5 Å². The molecule has 0 radical (unpaired) electrons. The fourth-order valence-electron chi connectivity index (χ4n) is 2.87. The van der Waals surface area contributed by atoms with Crippen LogP contribution in [-0.4, -0.2) is 31.1 Å². The molecule has 148 valence electrons. The highest BCUT2D eigenvalue weighted by molar-refractivity contribution is 6.00. The number of hydrogen-bond donors (Lipinski definition) is 2. The minimum absolute atomic E-state index is 0.101. The smallest absolute Gasteiger partial charge is 0.247 e. The molecule has 1 atom stereocenters. The maximum absolute atomic E-state index is 12.4. The zero-order valence-electron chi connectivity index (χ0n) is 16.2. The van der Waals surface area contributed by atoms with Crippen LogP contribution in [0.15, 0.2) is 42.5 Å². The van der Waals surface area contributed by atoms with Crippen molar-refractivity contribution in [3.8, 4) is 23.0 Å². The van der Waals surface area contributed by atoms with Crippen molar-refractivity contribution in [1.29, 1.82) is 0 Å². The Hall–Kier alpha value is -3.22. The van der Waals surface area contributed by atoms with Crippen molar-refractivity contribution < 1.29 is 23.8 Å². The second kappa shape index (κ2) is 8.65. The minimum Gasteiger partial charge on any atom is -0.495 e. The van der Waals surface area contributed by atoms with Gasteiger partial charge in [0.1, 0.15) is 29.0 Å². The van der Waals surface area contributed by atoms with Crippen molar-refractivity contribution in [3.63, 3.8) is 0 Å². The molecule has 0 spiro atoms. The van der Waals surface area contributed by atoms with Crippen molar-refractivity contribution in [2.24, 2.45) is 0 Å². The molecule has 0 saturated carbocycles. The van der Waals surface area contributed by atoms with Crippen LogP contribution in [0.1, 0.15) is 26.7 Å². The molecular weight excluding hydrogens is 360 g/mol. The van der Waals surface area contributed by atoms with E-state index in [1.165, 1.54) is 7.11 Å². The molecule has 0 aliphatic carbocycles. The number of hydrogen-bond acceptors (Lipinski definition) is 5. The number of carbonyl (C=O) groups excluding carboxylic acids is 2. The van der Waals surface area contributed by atoms with Gasteiger partial charge in [-0.2, -0.15) is 0 Å². The van der Waals surface area contributed by atoms with Crippen molar-refractivity contribution in [2.45, 2.75) is 38.8 Å². The van der Waals surface area contributed by atoms with Crippen LogP contribution in [0.25, 0.3) is 0 Å². The van der Waals surface area contributed by atoms with Crippen LogP contribution in [0.3, 0.4) is 0 Å². The van der Waals surface area contributed by atoms with Gasteiger partial charge in [0.2, 0.25) is 11.8 Å². The maximum atomic E-state index is 12.4. The molecule has 2 N–H and O–H groups in total. The Bertz CT molecular complexity index is 848. The Morgan fingerprint density at radius 3 is 2.39 bits per heavy atom. The number of carbonyl (C=O) groups is 2. The zero-order chi connectivity index (χ0) is 20.1. The normalized spacial score (nSPS) is 15.9. The first-order chi connectivity index (χ1) is 13.4. The molecule has 7 nitrogen and oxygen atoms in total. The Morgan fingerprint density at radius 2 is 1.79 bits per heavy atom. The van der Waals surface area contributed by atoms with Crippen molar-refractivity contribution >= 4 is 17.5 Å². The molecule has 7 heteroatoms. The topological polar surface area (TPSA) is 85.9 Å². The monoisotopic (exact) mass is 384 g/mol. The largest absolute Gasteiger partial charge is 0.495 e. The summed E-state index contributed by atoms with van der Waals surface area (Å²) < 4.78 is 16.8. The SMILES string of the molecule is COc1ccc(Oc2ccc(OC(C)C)cc2)cc1NC(=O)C1CCC(=O)N1. The van der Waals surface area contributed by atoms with Crippen LogP contribution >= 0.6 is 0 Å². The number of rotatable bonds is 7. The van der Waals surface area contributed by atoms with E-state index in [0.717, 1.165) is 5.75 Å². The molecule has 1 unspecified atom stereocenters. The molecule has 2 aromatic carbocycles. The van der Waals surface area contributed by atoms with Crippen molar-refractivity contribution in [2.75, 3.05) is 12.4 Å². The molecule has 0 bridgehead atoms. The third-order valence-electron chi connectivity index (χ3n) is 4.17. The molecule has 1 heterocycles. The molecule has 2 aromatic rings. The Kier molecular flexibility index (Phi) is 6.03. The van der Waals surface area contributed by atoms with E-state index < -0.39 is 6.04 Å². The summed E-state index contributed by atoms with van der Waals surface area (Å²) in [6, 6.07) is 11.9. The average molecular weight is 384 g/mol. The van der Waals surface area contributed by atoms with Crippen molar-refractivity contribution in [1.82, 2.24) is 5.32 Å². The van der Waals surface area contributed by atoms with E-state index >= 15 is 0 Å². The Balaban J connectivity index is 1.71. The maximum Gasteiger partial charge on any atom is 0.247 e. The lowest BCUT2D eigenvalue weighted by atomic mass is 10.2. The van der Waals surface area contributed by atoms with Gasteiger partial charge in [-0.25, -0.2) is 0 Å². The number of ether oxygens (including phenoxy) is 3. The van der Waals surface area contributed by atoms with Crippen LogP contribution in [-0.2, 0) is 9.59 Å². The third-order valence-corrected chi connectivity index (χ3v) is 4.17. The summed E-state index contributed by atoms with van der Waals surface area (Å²) in [5, 5.41) is 5.45. The summed E-state index contributed by atoms with van der Waals surface area (Å²) in [4.78, 5) is 23.7. The molecule has 1 saturated heterocycles. The molecule has 0 aromatic heterocycles. The molecular formula is C21H24N2O5. The minimum atomic E-state index is -0.532. The molecule has 1 fully saturated rings. The summed E-state index contributed by atoms with van der Waals surface area (Å²) in [6.45, 7) is 3.93. The van der Waals surface area contributed by atoms with Gasteiger partial charge in [-0.3, -0.25) is 9.59 Å². The number of anilines is 1. The summed E-state index contributed by atoms with van der Waals surface area (Å²) in [5.74, 6) is 2.06. The van der Waals surface area contributed by atoms with E-state index in [2.05, 4.69) is 10.6 Å². The molecule has 1 aliphatic heterocycles. The second-order valence-corrected chi connectivity index (χ2v) is 6.75. The first-order valence-electron chi connectivity index (χ1n) is 9.17. The summed E-state index contributed by atoms with van der Waals surface area (Å²) >= 11 is 0. The van der Waals surface area contributed by atoms with E-state index in [1.54, 1.807) is 18.2 Å². The van der Waals surface area contributed by atoms with Gasteiger partial charge in [0.05, 0.1) is 18.9 Å². The highest BCUT2D eigenvalue weighted by Crippen LogP contribution is 2.32. The van der Waals surface area contributed by atoms with Crippen LogP contribution in [0.2, 0.25) is 0 Å². The lowest BCUT2D eigenvalue weighted by molar-refractivity contribution is -0.122. The van der Waals surface area contributed by atoms with Crippen LogP contribution in [0.4, 0.5) is 5.69 Å². The average Bonchev–Trinajstić information content (AvgIpc) is 3.10. The Labute approximate surface area is 164 Å². The van der Waals surface area contributed by atoms with Gasteiger partial charge >= 0.3 is 0 Å². The van der Waals surface area contributed by atoms with Gasteiger partial charge in [0.25, 0.3) is 0 Å². The van der Waals surface area contributed by atoms with Crippen LogP contribution in [0.5, 0.6) is 23.0 Å². The lowest BCUT2D eigenvalue weighted by Gasteiger charge is -2.15. The van der Waals surface area contributed by atoms with E-state index in [9.17, 15) is 9.59 Å².